The number of esters is 1. The van der Waals surface area contributed by atoms with E-state index in [4.69, 9.17) is 9.47 Å². The van der Waals surface area contributed by atoms with E-state index in [1.165, 1.54) is 19.3 Å². The van der Waals surface area contributed by atoms with E-state index in [0.717, 1.165) is 6.42 Å². The van der Waals surface area contributed by atoms with Gasteiger partial charge in [0.05, 0.1) is 6.61 Å². The lowest BCUT2D eigenvalue weighted by Gasteiger charge is -2.16. The minimum Gasteiger partial charge on any atom is -0.432 e. The summed E-state index contributed by atoms with van der Waals surface area (Å²) in [5.41, 5.74) is 0.410. The summed E-state index contributed by atoms with van der Waals surface area (Å²) in [5.74, 6) is -0.375. The molecule has 0 aromatic heterocycles. The van der Waals surface area contributed by atoms with Crippen LogP contribution >= 0.6 is 0 Å². The minimum atomic E-state index is -0.425. The molecule has 0 aromatic rings. The van der Waals surface area contributed by atoms with Gasteiger partial charge in [0, 0.05) is 12.0 Å². The number of unbranched alkanes of at least 4 members (excludes halogenated alkanes) is 3. The Morgan fingerprint density at radius 1 is 1.25 bits per heavy atom. The van der Waals surface area contributed by atoms with Crippen molar-refractivity contribution in [3.05, 3.63) is 12.2 Å². The van der Waals surface area contributed by atoms with Gasteiger partial charge in [-0.1, -0.05) is 39.7 Å². The molecule has 0 aliphatic rings. The SMILES string of the molecule is C=C(C)C(=O)OC(CC)OCCCCCC. The fourth-order valence-corrected chi connectivity index (χ4v) is 1.20. The minimum absolute atomic E-state index is 0.375. The van der Waals surface area contributed by atoms with Gasteiger partial charge in [-0.2, -0.15) is 0 Å². The van der Waals surface area contributed by atoms with Crippen LogP contribution in [0.15, 0.2) is 12.2 Å². The van der Waals surface area contributed by atoms with Crippen LogP contribution in [0.3, 0.4) is 0 Å². The van der Waals surface area contributed by atoms with Gasteiger partial charge in [-0.25, -0.2) is 4.79 Å². The molecule has 0 heterocycles. The van der Waals surface area contributed by atoms with Gasteiger partial charge in [0.1, 0.15) is 0 Å². The van der Waals surface area contributed by atoms with Gasteiger partial charge in [-0.15, -0.1) is 0 Å². The topological polar surface area (TPSA) is 35.5 Å². The van der Waals surface area contributed by atoms with Crippen molar-refractivity contribution in [3.8, 4) is 0 Å². The van der Waals surface area contributed by atoms with Crippen LogP contribution in [-0.4, -0.2) is 18.9 Å². The zero-order valence-corrected chi connectivity index (χ0v) is 10.8. The number of rotatable bonds is 9. The van der Waals surface area contributed by atoms with Crippen LogP contribution in [0, 0.1) is 0 Å². The van der Waals surface area contributed by atoms with E-state index in [0.29, 0.717) is 18.6 Å². The molecule has 0 aromatic carbocycles. The lowest BCUT2D eigenvalue weighted by Crippen LogP contribution is -2.21. The largest absolute Gasteiger partial charge is 0.432 e. The quantitative estimate of drug-likeness (QED) is 0.262. The van der Waals surface area contributed by atoms with E-state index in [2.05, 4.69) is 13.5 Å². The van der Waals surface area contributed by atoms with E-state index >= 15 is 0 Å². The Hall–Kier alpha value is -0.830. The van der Waals surface area contributed by atoms with Crippen LogP contribution in [-0.2, 0) is 14.3 Å². The van der Waals surface area contributed by atoms with Crippen molar-refractivity contribution in [3.63, 3.8) is 0 Å². The molecule has 94 valence electrons. The summed E-state index contributed by atoms with van der Waals surface area (Å²) < 4.78 is 10.6. The molecule has 0 N–H and O–H groups in total. The molecule has 1 atom stereocenters. The Balaban J connectivity index is 3.67. The van der Waals surface area contributed by atoms with Crippen LogP contribution in [0.5, 0.6) is 0 Å². The fourth-order valence-electron chi connectivity index (χ4n) is 1.20. The van der Waals surface area contributed by atoms with E-state index in [-0.39, 0.29) is 5.97 Å². The number of hydrogen-bond acceptors (Lipinski definition) is 3. The van der Waals surface area contributed by atoms with Gasteiger partial charge in [0.25, 0.3) is 0 Å². The second kappa shape index (κ2) is 9.40. The third-order valence-corrected chi connectivity index (χ3v) is 2.22. The molecule has 16 heavy (non-hydrogen) atoms. The molecule has 0 radical (unpaired) electrons. The normalized spacial score (nSPS) is 12.2. The number of hydrogen-bond donors (Lipinski definition) is 0. The predicted octanol–water partition coefficient (Wildman–Crippen LogP) is 3.44. The summed E-state index contributed by atoms with van der Waals surface area (Å²) >= 11 is 0. The second-order valence-electron chi connectivity index (χ2n) is 3.95. The highest BCUT2D eigenvalue weighted by atomic mass is 16.7. The highest BCUT2D eigenvalue weighted by Crippen LogP contribution is 2.06. The molecular weight excluding hydrogens is 204 g/mol. The molecule has 0 saturated heterocycles. The number of carbonyl (C=O) groups excluding carboxylic acids is 1. The van der Waals surface area contributed by atoms with Gasteiger partial charge >= 0.3 is 5.97 Å². The van der Waals surface area contributed by atoms with Crippen LogP contribution < -0.4 is 0 Å². The predicted molar refractivity (Wildman–Crippen MR) is 65.1 cm³/mol. The number of carbonyl (C=O) groups is 1. The van der Waals surface area contributed by atoms with Crippen molar-refractivity contribution in [2.24, 2.45) is 0 Å². The molecule has 3 nitrogen and oxygen atoms in total. The van der Waals surface area contributed by atoms with E-state index < -0.39 is 6.29 Å². The molecule has 1 unspecified atom stereocenters. The van der Waals surface area contributed by atoms with E-state index in [1.807, 2.05) is 6.92 Å². The van der Waals surface area contributed by atoms with Crippen molar-refractivity contribution in [2.75, 3.05) is 6.61 Å². The lowest BCUT2D eigenvalue weighted by molar-refractivity contribution is -0.174. The van der Waals surface area contributed by atoms with Crippen LogP contribution in [0.2, 0.25) is 0 Å². The first-order chi connectivity index (χ1) is 7.61. The van der Waals surface area contributed by atoms with Crippen LogP contribution in [0.4, 0.5) is 0 Å². The highest BCUT2D eigenvalue weighted by Gasteiger charge is 2.12. The summed E-state index contributed by atoms with van der Waals surface area (Å²) in [4.78, 5) is 11.2. The lowest BCUT2D eigenvalue weighted by atomic mass is 10.2. The summed E-state index contributed by atoms with van der Waals surface area (Å²) in [6.45, 7) is 9.93. The maximum atomic E-state index is 11.2. The molecule has 0 aliphatic heterocycles. The summed E-state index contributed by atoms with van der Waals surface area (Å²) in [6.07, 6.45) is 4.88. The number of ether oxygens (including phenoxy) is 2. The summed E-state index contributed by atoms with van der Waals surface area (Å²) in [7, 11) is 0. The Morgan fingerprint density at radius 3 is 2.44 bits per heavy atom. The van der Waals surface area contributed by atoms with E-state index in [1.54, 1.807) is 6.92 Å². The van der Waals surface area contributed by atoms with Crippen LogP contribution in [0.25, 0.3) is 0 Å². The molecule has 0 fully saturated rings. The first-order valence-corrected chi connectivity index (χ1v) is 6.09. The molecule has 0 amide bonds. The molecule has 0 spiro atoms. The smallest absolute Gasteiger partial charge is 0.335 e. The third-order valence-electron chi connectivity index (χ3n) is 2.22. The second-order valence-corrected chi connectivity index (χ2v) is 3.95. The van der Waals surface area contributed by atoms with Gasteiger partial charge in [0.2, 0.25) is 6.29 Å². The standard InChI is InChI=1S/C13H24O3/c1-5-7-8-9-10-15-12(6-2)16-13(14)11(3)4/h12H,3,5-10H2,1-2,4H3. The van der Waals surface area contributed by atoms with Gasteiger partial charge < -0.3 is 9.47 Å². The van der Waals surface area contributed by atoms with Crippen molar-refractivity contribution < 1.29 is 14.3 Å². The molecule has 0 bridgehead atoms. The molecule has 3 heteroatoms. The summed E-state index contributed by atoms with van der Waals surface area (Å²) in [6, 6.07) is 0. The maximum Gasteiger partial charge on any atom is 0.335 e. The van der Waals surface area contributed by atoms with Crippen molar-refractivity contribution >= 4 is 5.97 Å². The molecular formula is C13H24O3. The first-order valence-electron chi connectivity index (χ1n) is 6.09. The van der Waals surface area contributed by atoms with Gasteiger partial charge in [-0.05, 0) is 13.3 Å². The van der Waals surface area contributed by atoms with Gasteiger partial charge in [-0.3, -0.25) is 0 Å². The Bertz CT molecular complexity index is 211. The third kappa shape index (κ3) is 7.46. The van der Waals surface area contributed by atoms with Crippen molar-refractivity contribution in [2.45, 2.75) is 59.2 Å². The Morgan fingerprint density at radius 2 is 1.94 bits per heavy atom. The Kier molecular flexibility index (Phi) is 8.91. The zero-order chi connectivity index (χ0) is 12.4. The van der Waals surface area contributed by atoms with Crippen molar-refractivity contribution in [1.29, 1.82) is 0 Å². The average molecular weight is 228 g/mol. The van der Waals surface area contributed by atoms with Crippen LogP contribution in [0.1, 0.15) is 52.9 Å². The molecule has 0 rings (SSSR count). The molecule has 0 aliphatic carbocycles. The monoisotopic (exact) mass is 228 g/mol. The average Bonchev–Trinajstić information content (AvgIpc) is 2.26. The van der Waals surface area contributed by atoms with E-state index in [9.17, 15) is 4.79 Å². The zero-order valence-electron chi connectivity index (χ0n) is 10.8. The first kappa shape index (κ1) is 15.2. The molecule has 0 saturated carbocycles. The van der Waals surface area contributed by atoms with Crippen molar-refractivity contribution in [1.82, 2.24) is 0 Å². The van der Waals surface area contributed by atoms with Gasteiger partial charge in [0.15, 0.2) is 0 Å². The summed E-state index contributed by atoms with van der Waals surface area (Å²) in [5, 5.41) is 0. The maximum absolute atomic E-state index is 11.2. The fraction of sp³-hybridized carbons (Fsp3) is 0.769. The Labute approximate surface area is 98.8 Å². The highest BCUT2D eigenvalue weighted by molar-refractivity contribution is 5.86.